The van der Waals surface area contributed by atoms with E-state index in [2.05, 4.69) is 57.0 Å². The maximum Gasteiger partial charge on any atom is 0.176 e. The van der Waals surface area contributed by atoms with Gasteiger partial charge in [0.15, 0.2) is 11.6 Å². The molecule has 0 amide bonds. The van der Waals surface area contributed by atoms with Crippen LogP contribution in [0, 0.1) is 0 Å². The second kappa shape index (κ2) is 10.1. The number of morpholine rings is 1. The summed E-state index contributed by atoms with van der Waals surface area (Å²) >= 11 is 0. The fourth-order valence-electron chi connectivity index (χ4n) is 4.64. The van der Waals surface area contributed by atoms with Crippen molar-refractivity contribution in [2.75, 3.05) is 58.9 Å². The van der Waals surface area contributed by atoms with Gasteiger partial charge in [0.2, 0.25) is 0 Å². The number of hydrogen-bond donors (Lipinski definition) is 1. The Kier molecular flexibility index (Phi) is 6.79. The molecule has 0 radical (unpaired) electrons. The Morgan fingerprint density at radius 2 is 1.83 bits per heavy atom. The van der Waals surface area contributed by atoms with Gasteiger partial charge < -0.3 is 24.3 Å². The molecule has 9 heteroatoms. The highest BCUT2D eigenvalue weighted by Crippen LogP contribution is 2.41. The van der Waals surface area contributed by atoms with Crippen molar-refractivity contribution in [1.29, 1.82) is 0 Å². The van der Waals surface area contributed by atoms with Gasteiger partial charge in [0.05, 0.1) is 38.7 Å². The van der Waals surface area contributed by atoms with Gasteiger partial charge in [0.1, 0.15) is 23.9 Å². The summed E-state index contributed by atoms with van der Waals surface area (Å²) in [7, 11) is 3.34. The molecule has 2 aliphatic heterocycles. The topological polar surface area (TPSA) is 82.9 Å². The van der Waals surface area contributed by atoms with E-state index in [4.69, 9.17) is 18.9 Å². The maximum absolute atomic E-state index is 6.05. The minimum absolute atomic E-state index is 0.278. The number of benzene rings is 2. The molecule has 0 saturated carbocycles. The Morgan fingerprint density at radius 3 is 2.57 bits per heavy atom. The van der Waals surface area contributed by atoms with E-state index < -0.39 is 0 Å². The van der Waals surface area contributed by atoms with Crippen molar-refractivity contribution in [3.8, 4) is 34.3 Å². The van der Waals surface area contributed by atoms with Crippen molar-refractivity contribution in [3.63, 3.8) is 0 Å². The average molecular weight is 480 g/mol. The predicted octanol–water partition coefficient (Wildman–Crippen LogP) is 3.71. The molecule has 1 N–H and O–H groups in total. The lowest BCUT2D eigenvalue weighted by Crippen LogP contribution is -2.39. The van der Waals surface area contributed by atoms with Crippen LogP contribution in [0.4, 0.5) is 5.69 Å². The molecule has 2 aliphatic rings. The Balaban J connectivity index is 1.44. The highest BCUT2D eigenvalue weighted by Gasteiger charge is 2.26. The zero-order chi connectivity index (χ0) is 24.4. The zero-order valence-electron chi connectivity index (χ0n) is 20.8. The summed E-state index contributed by atoms with van der Waals surface area (Å²) in [6.45, 7) is 10.1. The van der Waals surface area contributed by atoms with Gasteiger partial charge >= 0.3 is 0 Å². The molecule has 0 bridgehead atoms. The smallest absolute Gasteiger partial charge is 0.176 e. The van der Waals surface area contributed by atoms with Crippen LogP contribution in [0.15, 0.2) is 30.3 Å². The first-order valence-corrected chi connectivity index (χ1v) is 12.1. The first-order chi connectivity index (χ1) is 17.1. The van der Waals surface area contributed by atoms with Gasteiger partial charge in [-0.05, 0) is 29.7 Å². The van der Waals surface area contributed by atoms with E-state index in [0.29, 0.717) is 12.4 Å². The first kappa shape index (κ1) is 23.4. The third kappa shape index (κ3) is 4.66. The molecule has 5 rings (SSSR count). The molecule has 0 unspecified atom stereocenters. The molecule has 9 nitrogen and oxygen atoms in total. The van der Waals surface area contributed by atoms with Crippen molar-refractivity contribution in [1.82, 2.24) is 19.7 Å². The van der Waals surface area contributed by atoms with Crippen LogP contribution in [0.25, 0.3) is 17.1 Å². The lowest BCUT2D eigenvalue weighted by molar-refractivity contribution is 0.0398. The highest BCUT2D eigenvalue weighted by molar-refractivity contribution is 5.72. The normalized spacial score (nSPS) is 15.3. The number of anilines is 1. The molecule has 186 valence electrons. The summed E-state index contributed by atoms with van der Waals surface area (Å²) in [6, 6.07) is 10.2. The van der Waals surface area contributed by atoms with E-state index in [0.717, 1.165) is 85.0 Å². The summed E-state index contributed by atoms with van der Waals surface area (Å²) in [4.78, 5) is 2.41. The monoisotopic (exact) mass is 479 g/mol. The van der Waals surface area contributed by atoms with Crippen LogP contribution in [0.3, 0.4) is 0 Å². The number of methoxy groups -OCH3 is 2. The van der Waals surface area contributed by atoms with Gasteiger partial charge in [0.25, 0.3) is 0 Å². The summed E-state index contributed by atoms with van der Waals surface area (Å²) in [5.41, 5.74) is 3.90. The lowest BCUT2D eigenvalue weighted by atomic mass is 9.98. The standard InChI is InChI=1S/C26H33N5O4/c1-17(2)19-14-20(23(33-4)15-22(19)32-3)26-29-28-25-16-35-24-13-18(5-6-21(24)31(25)26)27-7-8-30-9-11-34-12-10-30/h5-6,13-15,17,27H,7-12,16H2,1-4H3. The Hall–Kier alpha value is -3.30. The molecule has 3 heterocycles. The van der Waals surface area contributed by atoms with Gasteiger partial charge in [-0.1, -0.05) is 13.8 Å². The summed E-state index contributed by atoms with van der Waals surface area (Å²) in [5.74, 6) is 4.04. The molecule has 1 saturated heterocycles. The molecule has 35 heavy (non-hydrogen) atoms. The molecule has 0 atom stereocenters. The van der Waals surface area contributed by atoms with Crippen molar-refractivity contribution >= 4 is 5.69 Å². The van der Waals surface area contributed by atoms with E-state index in [1.54, 1.807) is 14.2 Å². The SMILES string of the molecule is COc1cc(OC)c(C(C)C)cc1-c1nnc2n1-c1ccc(NCCN3CCOCC3)cc1OC2. The summed E-state index contributed by atoms with van der Waals surface area (Å²) in [5, 5.41) is 12.5. The Labute approximate surface area is 206 Å². The van der Waals surface area contributed by atoms with Crippen LogP contribution in [0.5, 0.6) is 17.2 Å². The van der Waals surface area contributed by atoms with Crippen LogP contribution < -0.4 is 19.5 Å². The third-order valence-corrected chi connectivity index (χ3v) is 6.56. The predicted molar refractivity (Wildman–Crippen MR) is 134 cm³/mol. The number of nitrogens with zero attached hydrogens (tertiary/aromatic N) is 4. The fourth-order valence-corrected chi connectivity index (χ4v) is 4.64. The van der Waals surface area contributed by atoms with Gasteiger partial charge in [-0.2, -0.15) is 0 Å². The van der Waals surface area contributed by atoms with Crippen molar-refractivity contribution in [2.24, 2.45) is 0 Å². The van der Waals surface area contributed by atoms with Gasteiger partial charge in [0, 0.05) is 44.0 Å². The van der Waals surface area contributed by atoms with Crippen molar-refractivity contribution in [2.45, 2.75) is 26.4 Å². The quantitative estimate of drug-likeness (QED) is 0.524. The van der Waals surface area contributed by atoms with E-state index >= 15 is 0 Å². The summed E-state index contributed by atoms with van der Waals surface area (Å²) in [6.07, 6.45) is 0. The highest BCUT2D eigenvalue weighted by atomic mass is 16.5. The van der Waals surface area contributed by atoms with Gasteiger partial charge in [-0.15, -0.1) is 10.2 Å². The van der Waals surface area contributed by atoms with Gasteiger partial charge in [-0.25, -0.2) is 0 Å². The number of aromatic nitrogens is 3. The zero-order valence-corrected chi connectivity index (χ0v) is 20.8. The molecule has 0 spiro atoms. The summed E-state index contributed by atoms with van der Waals surface area (Å²) < 4.78 is 24.9. The molecular weight excluding hydrogens is 446 g/mol. The van der Waals surface area contributed by atoms with Gasteiger partial charge in [-0.3, -0.25) is 9.47 Å². The number of rotatable bonds is 8. The van der Waals surface area contributed by atoms with E-state index in [9.17, 15) is 0 Å². The number of hydrogen-bond acceptors (Lipinski definition) is 8. The molecule has 1 fully saturated rings. The van der Waals surface area contributed by atoms with Crippen molar-refractivity contribution < 1.29 is 18.9 Å². The fraction of sp³-hybridized carbons (Fsp3) is 0.462. The molecule has 0 aliphatic carbocycles. The molecule has 2 aromatic carbocycles. The van der Waals surface area contributed by atoms with Crippen molar-refractivity contribution in [3.05, 3.63) is 41.7 Å². The number of nitrogens with one attached hydrogen (secondary N) is 1. The molecule has 3 aromatic rings. The van der Waals surface area contributed by atoms with Crippen LogP contribution >= 0.6 is 0 Å². The molecule has 1 aromatic heterocycles. The Morgan fingerprint density at radius 1 is 1.03 bits per heavy atom. The van der Waals surface area contributed by atoms with E-state index in [1.165, 1.54) is 0 Å². The number of ether oxygens (including phenoxy) is 4. The second-order valence-electron chi connectivity index (χ2n) is 9.08. The number of fused-ring (bicyclic) bond motifs is 3. The van der Waals surface area contributed by atoms with Crippen LogP contribution in [-0.2, 0) is 11.3 Å². The van der Waals surface area contributed by atoms with E-state index in [1.807, 2.05) is 12.1 Å². The van der Waals surface area contributed by atoms with E-state index in [-0.39, 0.29) is 5.92 Å². The largest absolute Gasteiger partial charge is 0.496 e. The minimum atomic E-state index is 0.278. The maximum atomic E-state index is 6.05. The minimum Gasteiger partial charge on any atom is -0.496 e. The lowest BCUT2D eigenvalue weighted by Gasteiger charge is -2.27. The first-order valence-electron chi connectivity index (χ1n) is 12.1. The Bertz CT molecular complexity index is 1190. The second-order valence-corrected chi connectivity index (χ2v) is 9.08. The van der Waals surface area contributed by atoms with Crippen LogP contribution in [0.1, 0.15) is 31.2 Å². The molecular formula is C26H33N5O4. The van der Waals surface area contributed by atoms with Crippen LogP contribution in [-0.4, -0.2) is 73.3 Å². The third-order valence-electron chi connectivity index (χ3n) is 6.56. The average Bonchev–Trinajstić information content (AvgIpc) is 3.32. The van der Waals surface area contributed by atoms with Crippen LogP contribution in [0.2, 0.25) is 0 Å².